The van der Waals surface area contributed by atoms with Crippen molar-refractivity contribution >= 4 is 29.2 Å². The lowest BCUT2D eigenvalue weighted by molar-refractivity contribution is -0.110. The van der Waals surface area contributed by atoms with Crippen molar-refractivity contribution in [1.82, 2.24) is 0 Å². The predicted octanol–water partition coefficient (Wildman–Crippen LogP) is 3.19. The molecule has 0 unspecified atom stereocenters. The fraction of sp³-hybridized carbons (Fsp3) is 0.0588. The van der Waals surface area contributed by atoms with Crippen LogP contribution >= 0.6 is 0 Å². The van der Waals surface area contributed by atoms with E-state index in [1.807, 2.05) is 31.2 Å². The van der Waals surface area contributed by atoms with E-state index >= 15 is 0 Å². The van der Waals surface area contributed by atoms with Gasteiger partial charge in [-0.3, -0.25) is 4.79 Å². The minimum absolute atomic E-state index is 0.167. The molecule has 1 aliphatic rings. The van der Waals surface area contributed by atoms with Crippen molar-refractivity contribution in [2.45, 2.75) is 6.92 Å². The first-order valence-electron chi connectivity index (χ1n) is 6.52. The van der Waals surface area contributed by atoms with E-state index in [0.717, 1.165) is 11.1 Å². The van der Waals surface area contributed by atoms with Gasteiger partial charge in [0.1, 0.15) is 0 Å². The smallest absolute Gasteiger partial charge is 0.335 e. The van der Waals surface area contributed by atoms with Gasteiger partial charge < -0.3 is 10.4 Å². The maximum Gasteiger partial charge on any atom is 0.335 e. The third-order valence-electron chi connectivity index (χ3n) is 3.44. The maximum absolute atomic E-state index is 12.1. The summed E-state index contributed by atoms with van der Waals surface area (Å²) in [5, 5.41) is 11.8. The third-order valence-corrected chi connectivity index (χ3v) is 3.44. The summed E-state index contributed by atoms with van der Waals surface area (Å²) in [7, 11) is 0. The zero-order valence-electron chi connectivity index (χ0n) is 11.4. The number of carbonyl (C=O) groups excluding carboxylic acids is 1. The highest BCUT2D eigenvalue weighted by Gasteiger charge is 2.25. The van der Waals surface area contributed by atoms with Crippen molar-refractivity contribution in [1.29, 1.82) is 0 Å². The van der Waals surface area contributed by atoms with Gasteiger partial charge in [0.25, 0.3) is 5.91 Å². The molecule has 2 aromatic rings. The highest BCUT2D eigenvalue weighted by molar-refractivity contribution is 6.35. The van der Waals surface area contributed by atoms with Crippen molar-refractivity contribution in [3.63, 3.8) is 0 Å². The second-order valence-corrected chi connectivity index (χ2v) is 4.99. The second-order valence-electron chi connectivity index (χ2n) is 4.99. The zero-order valence-corrected chi connectivity index (χ0v) is 11.4. The van der Waals surface area contributed by atoms with Crippen LogP contribution in [0.15, 0.2) is 42.5 Å². The molecule has 4 heteroatoms. The van der Waals surface area contributed by atoms with Crippen molar-refractivity contribution in [3.05, 3.63) is 64.7 Å². The number of amides is 1. The summed E-state index contributed by atoms with van der Waals surface area (Å²) in [6.45, 7) is 1.99. The van der Waals surface area contributed by atoms with Crippen molar-refractivity contribution in [3.8, 4) is 0 Å². The minimum Gasteiger partial charge on any atom is -0.478 e. The Bertz CT molecular complexity index is 773. The van der Waals surface area contributed by atoms with Crippen LogP contribution in [0.5, 0.6) is 0 Å². The first-order chi connectivity index (χ1) is 10.0. The monoisotopic (exact) mass is 279 g/mol. The first kappa shape index (κ1) is 13.1. The summed E-state index contributed by atoms with van der Waals surface area (Å²) in [6, 6.07) is 12.4. The SMILES string of the molecule is Cc1ccc(/C=C2/C(=O)Nc3ccc(C(=O)O)cc32)cc1. The van der Waals surface area contributed by atoms with Gasteiger partial charge in [-0.2, -0.15) is 0 Å². The van der Waals surface area contributed by atoms with E-state index in [2.05, 4.69) is 5.32 Å². The van der Waals surface area contributed by atoms with Crippen LogP contribution < -0.4 is 5.32 Å². The fourth-order valence-electron chi connectivity index (χ4n) is 2.29. The number of carbonyl (C=O) groups is 2. The van der Waals surface area contributed by atoms with Crippen LogP contribution in [0.3, 0.4) is 0 Å². The van der Waals surface area contributed by atoms with Crippen LogP contribution in [-0.2, 0) is 4.79 Å². The van der Waals surface area contributed by atoms with Crippen molar-refractivity contribution in [2.75, 3.05) is 5.32 Å². The molecule has 0 saturated carbocycles. The summed E-state index contributed by atoms with van der Waals surface area (Å²) in [4.78, 5) is 23.1. The molecule has 0 spiro atoms. The molecule has 0 aromatic heterocycles. The second kappa shape index (κ2) is 4.90. The van der Waals surface area contributed by atoms with E-state index in [0.29, 0.717) is 16.8 Å². The average Bonchev–Trinajstić information content (AvgIpc) is 2.77. The Balaban J connectivity index is 2.09. The van der Waals surface area contributed by atoms with Gasteiger partial charge in [0.05, 0.1) is 5.56 Å². The number of aromatic carboxylic acids is 1. The third kappa shape index (κ3) is 2.43. The maximum atomic E-state index is 12.1. The summed E-state index contributed by atoms with van der Waals surface area (Å²) >= 11 is 0. The normalized spacial score (nSPS) is 14.9. The summed E-state index contributed by atoms with van der Waals surface area (Å²) in [6.07, 6.45) is 1.77. The van der Waals surface area contributed by atoms with E-state index in [4.69, 9.17) is 5.11 Å². The topological polar surface area (TPSA) is 66.4 Å². The molecule has 2 N–H and O–H groups in total. The number of benzene rings is 2. The number of rotatable bonds is 2. The quantitative estimate of drug-likeness (QED) is 0.830. The van der Waals surface area contributed by atoms with E-state index < -0.39 is 5.97 Å². The molecular weight excluding hydrogens is 266 g/mol. The summed E-state index contributed by atoms with van der Waals surface area (Å²) in [5.41, 5.74) is 3.96. The zero-order chi connectivity index (χ0) is 15.0. The van der Waals surface area contributed by atoms with E-state index in [9.17, 15) is 9.59 Å². The molecule has 2 aromatic carbocycles. The largest absolute Gasteiger partial charge is 0.478 e. The molecule has 0 aliphatic carbocycles. The molecule has 0 radical (unpaired) electrons. The van der Waals surface area contributed by atoms with Gasteiger partial charge in [-0.05, 0) is 36.8 Å². The van der Waals surface area contributed by atoms with Gasteiger partial charge in [-0.1, -0.05) is 29.8 Å². The summed E-state index contributed by atoms with van der Waals surface area (Å²) < 4.78 is 0. The predicted molar refractivity (Wildman–Crippen MR) is 81.1 cm³/mol. The van der Waals surface area contributed by atoms with E-state index in [1.54, 1.807) is 12.1 Å². The molecule has 0 atom stereocenters. The minimum atomic E-state index is -1.01. The van der Waals surface area contributed by atoms with Gasteiger partial charge in [0.2, 0.25) is 0 Å². The Kier molecular flexibility index (Phi) is 3.06. The Labute approximate surface area is 121 Å². The number of hydrogen-bond acceptors (Lipinski definition) is 2. The van der Waals surface area contributed by atoms with Crippen LogP contribution in [-0.4, -0.2) is 17.0 Å². The lowest BCUT2D eigenvalue weighted by atomic mass is 10.0. The van der Waals surface area contributed by atoms with Gasteiger partial charge in [0, 0.05) is 16.8 Å². The molecule has 21 heavy (non-hydrogen) atoms. The van der Waals surface area contributed by atoms with Crippen LogP contribution in [0.1, 0.15) is 27.0 Å². The molecule has 1 heterocycles. The van der Waals surface area contributed by atoms with E-state index in [1.165, 1.54) is 12.1 Å². The van der Waals surface area contributed by atoms with Crippen LogP contribution in [0.4, 0.5) is 5.69 Å². The molecule has 0 fully saturated rings. The lowest BCUT2D eigenvalue weighted by Gasteiger charge is -2.01. The Morgan fingerprint density at radius 2 is 1.86 bits per heavy atom. The number of nitrogens with one attached hydrogen (secondary N) is 1. The number of hydrogen-bond donors (Lipinski definition) is 2. The Morgan fingerprint density at radius 3 is 2.52 bits per heavy atom. The first-order valence-corrected chi connectivity index (χ1v) is 6.52. The molecule has 1 aliphatic heterocycles. The Hall–Kier alpha value is -2.88. The molecule has 104 valence electrons. The average molecular weight is 279 g/mol. The molecule has 1 amide bonds. The number of aryl methyl sites for hydroxylation is 1. The van der Waals surface area contributed by atoms with Crippen LogP contribution in [0.2, 0.25) is 0 Å². The summed E-state index contributed by atoms with van der Waals surface area (Å²) in [5.74, 6) is -1.22. The Morgan fingerprint density at radius 1 is 1.14 bits per heavy atom. The number of carboxylic acids is 1. The van der Waals surface area contributed by atoms with E-state index in [-0.39, 0.29) is 11.5 Å². The molecule has 0 saturated heterocycles. The van der Waals surface area contributed by atoms with Crippen LogP contribution in [0.25, 0.3) is 11.6 Å². The number of fused-ring (bicyclic) bond motifs is 1. The molecule has 3 rings (SSSR count). The lowest BCUT2D eigenvalue weighted by Crippen LogP contribution is -2.03. The molecule has 4 nitrogen and oxygen atoms in total. The van der Waals surface area contributed by atoms with Crippen LogP contribution in [0, 0.1) is 6.92 Å². The highest BCUT2D eigenvalue weighted by atomic mass is 16.4. The van der Waals surface area contributed by atoms with Gasteiger partial charge >= 0.3 is 5.97 Å². The van der Waals surface area contributed by atoms with Gasteiger partial charge in [-0.15, -0.1) is 0 Å². The number of anilines is 1. The van der Waals surface area contributed by atoms with Gasteiger partial charge in [-0.25, -0.2) is 4.79 Å². The number of carboxylic acid groups (broad SMARTS) is 1. The standard InChI is InChI=1S/C17H13NO3/c1-10-2-4-11(5-3-10)8-14-13-9-12(17(20)21)6-7-15(13)18-16(14)19/h2-9H,1H3,(H,18,19)(H,20,21)/b14-8+. The van der Waals surface area contributed by atoms with Crippen molar-refractivity contribution in [2.24, 2.45) is 0 Å². The van der Waals surface area contributed by atoms with Crippen molar-refractivity contribution < 1.29 is 14.7 Å². The molecular formula is C17H13NO3. The highest BCUT2D eigenvalue weighted by Crippen LogP contribution is 2.33. The molecule has 0 bridgehead atoms. The van der Waals surface area contributed by atoms with Gasteiger partial charge in [0.15, 0.2) is 0 Å². The fourth-order valence-corrected chi connectivity index (χ4v) is 2.29.